The molecule has 0 saturated heterocycles. The van der Waals surface area contributed by atoms with Gasteiger partial charge in [-0.2, -0.15) is 13.2 Å². The molecule has 1 aliphatic rings. The zero-order valence-corrected chi connectivity index (χ0v) is 15.6. The average molecular weight is 442 g/mol. The number of aryl methyl sites for hydroxylation is 1. The van der Waals surface area contributed by atoms with Crippen LogP contribution < -0.4 is 20.1 Å². The number of halogens is 6. The number of hydrogen-bond donors (Lipinski definition) is 2. The molecule has 144 valence electrons. The van der Waals surface area contributed by atoms with Gasteiger partial charge in [0, 0.05) is 12.1 Å². The molecule has 27 heavy (non-hydrogen) atoms. The minimum absolute atomic E-state index is 0.0343. The Bertz CT molecular complexity index is 891. The summed E-state index contributed by atoms with van der Waals surface area (Å²) in [4.78, 5) is 12.2. The second kappa shape index (κ2) is 6.85. The van der Waals surface area contributed by atoms with Crippen LogP contribution in [0.15, 0.2) is 30.3 Å². The van der Waals surface area contributed by atoms with E-state index in [0.29, 0.717) is 0 Å². The van der Waals surface area contributed by atoms with Crippen LogP contribution in [0.25, 0.3) is 0 Å². The van der Waals surface area contributed by atoms with Crippen molar-refractivity contribution >= 4 is 46.5 Å². The van der Waals surface area contributed by atoms with Gasteiger partial charge in [-0.3, -0.25) is 5.32 Å². The van der Waals surface area contributed by atoms with Crippen LogP contribution in [0.3, 0.4) is 0 Å². The smallest absolute Gasteiger partial charge is 0.424 e. The highest BCUT2D eigenvalue weighted by molar-refractivity contribution is 6.42. The number of fused-ring (bicyclic) bond motifs is 1. The van der Waals surface area contributed by atoms with Crippen LogP contribution in [-0.2, 0) is 0 Å². The van der Waals surface area contributed by atoms with Crippen LogP contribution in [0.4, 0.5) is 23.7 Å². The van der Waals surface area contributed by atoms with Gasteiger partial charge >= 0.3 is 18.1 Å². The standard InChI is InChI=1S/C16H10Cl3F3N2O3/c1-7-2-3-8(17)11(4-7)23-14(25)24-16(15(20,21)22)26-12-5-9(18)10(19)6-13(12)27-16/h2-6H,1H3,(H2,23,24,25). The van der Waals surface area contributed by atoms with Gasteiger partial charge in [-0.1, -0.05) is 40.9 Å². The van der Waals surface area contributed by atoms with E-state index in [-0.39, 0.29) is 32.3 Å². The molecule has 2 N–H and O–H groups in total. The molecule has 0 spiro atoms. The maximum Gasteiger partial charge on any atom is 0.492 e. The highest BCUT2D eigenvalue weighted by Crippen LogP contribution is 2.48. The quantitative estimate of drug-likeness (QED) is 0.622. The lowest BCUT2D eigenvalue weighted by Crippen LogP contribution is -2.65. The van der Waals surface area contributed by atoms with Crippen molar-refractivity contribution in [1.82, 2.24) is 5.32 Å². The Hall–Kier alpha value is -2.03. The van der Waals surface area contributed by atoms with E-state index in [1.807, 2.05) is 0 Å². The van der Waals surface area contributed by atoms with Gasteiger partial charge in [0.25, 0.3) is 0 Å². The van der Waals surface area contributed by atoms with Gasteiger partial charge in [-0.25, -0.2) is 4.79 Å². The molecular formula is C16H10Cl3F3N2O3. The number of ether oxygens (including phenoxy) is 2. The third-order valence-corrected chi connectivity index (χ3v) is 4.57. The third kappa shape index (κ3) is 3.83. The van der Waals surface area contributed by atoms with Crippen molar-refractivity contribution in [3.05, 3.63) is 51.0 Å². The fourth-order valence-electron chi connectivity index (χ4n) is 2.28. The molecule has 3 rings (SSSR count). The van der Waals surface area contributed by atoms with Crippen LogP contribution in [0.2, 0.25) is 15.1 Å². The van der Waals surface area contributed by atoms with Gasteiger partial charge < -0.3 is 14.8 Å². The van der Waals surface area contributed by atoms with Crippen LogP contribution in [-0.4, -0.2) is 18.1 Å². The first-order chi connectivity index (χ1) is 12.5. The zero-order valence-electron chi connectivity index (χ0n) is 13.4. The van der Waals surface area contributed by atoms with E-state index in [1.54, 1.807) is 18.3 Å². The monoisotopic (exact) mass is 440 g/mol. The summed E-state index contributed by atoms with van der Waals surface area (Å²) in [6.07, 6.45) is -5.13. The Balaban J connectivity index is 1.87. The van der Waals surface area contributed by atoms with Gasteiger partial charge in [0.2, 0.25) is 0 Å². The molecule has 11 heteroatoms. The SMILES string of the molecule is Cc1ccc(Cl)c(NC(=O)NC2(C(F)(F)F)Oc3cc(Cl)c(Cl)cc3O2)c1. The maximum absolute atomic E-state index is 13.6. The van der Waals surface area contributed by atoms with Gasteiger partial charge in [0.15, 0.2) is 11.5 Å². The van der Waals surface area contributed by atoms with Crippen molar-refractivity contribution in [2.24, 2.45) is 0 Å². The number of rotatable bonds is 2. The number of nitrogens with one attached hydrogen (secondary N) is 2. The predicted octanol–water partition coefficient (Wildman–Crippen LogP) is 5.76. The van der Waals surface area contributed by atoms with E-state index < -0.39 is 18.1 Å². The Kier molecular flexibility index (Phi) is 5.00. The molecule has 1 heterocycles. The van der Waals surface area contributed by atoms with Crippen molar-refractivity contribution in [2.75, 3.05) is 5.32 Å². The molecule has 0 bridgehead atoms. The number of carbonyl (C=O) groups is 1. The van der Waals surface area contributed by atoms with Crippen LogP contribution in [0.1, 0.15) is 5.56 Å². The van der Waals surface area contributed by atoms with Gasteiger partial charge in [-0.05, 0) is 24.6 Å². The summed E-state index contributed by atoms with van der Waals surface area (Å²) in [6.45, 7) is 1.73. The van der Waals surface area contributed by atoms with Crippen molar-refractivity contribution in [1.29, 1.82) is 0 Å². The topological polar surface area (TPSA) is 59.6 Å². The number of urea groups is 1. The van der Waals surface area contributed by atoms with Crippen molar-refractivity contribution in [3.8, 4) is 11.5 Å². The van der Waals surface area contributed by atoms with Crippen molar-refractivity contribution < 1.29 is 27.4 Å². The molecule has 0 fully saturated rings. The van der Waals surface area contributed by atoms with Gasteiger partial charge in [-0.15, -0.1) is 0 Å². The van der Waals surface area contributed by atoms with E-state index in [9.17, 15) is 18.0 Å². The predicted molar refractivity (Wildman–Crippen MR) is 94.8 cm³/mol. The number of hydrogen-bond acceptors (Lipinski definition) is 3. The summed E-state index contributed by atoms with van der Waals surface area (Å²) in [5, 5.41) is 3.96. The average Bonchev–Trinajstić information content (AvgIpc) is 2.89. The van der Waals surface area contributed by atoms with Crippen molar-refractivity contribution in [3.63, 3.8) is 0 Å². The summed E-state index contributed by atoms with van der Waals surface area (Å²) in [7, 11) is 0. The summed E-state index contributed by atoms with van der Waals surface area (Å²) in [5.74, 6) is -4.10. The first-order valence-electron chi connectivity index (χ1n) is 7.30. The van der Waals surface area contributed by atoms with E-state index in [1.165, 1.54) is 12.1 Å². The van der Waals surface area contributed by atoms with E-state index >= 15 is 0 Å². The second-order valence-electron chi connectivity index (χ2n) is 5.59. The summed E-state index contributed by atoms with van der Waals surface area (Å²) >= 11 is 17.5. The summed E-state index contributed by atoms with van der Waals surface area (Å²) in [5.41, 5.74) is 0.860. The van der Waals surface area contributed by atoms with Crippen LogP contribution >= 0.6 is 34.8 Å². The maximum atomic E-state index is 13.6. The normalized spacial score (nSPS) is 14.8. The largest absolute Gasteiger partial charge is 0.492 e. The molecule has 0 aliphatic carbocycles. The fraction of sp³-hybridized carbons (Fsp3) is 0.188. The molecule has 0 atom stereocenters. The summed E-state index contributed by atoms with van der Waals surface area (Å²) in [6, 6.07) is 5.54. The second-order valence-corrected chi connectivity index (χ2v) is 6.82. The first-order valence-corrected chi connectivity index (χ1v) is 8.43. The third-order valence-electron chi connectivity index (χ3n) is 3.52. The molecule has 2 aromatic carbocycles. The Morgan fingerprint density at radius 3 is 2.07 bits per heavy atom. The Labute approximate surface area is 166 Å². The molecule has 0 aromatic heterocycles. The van der Waals surface area contributed by atoms with Gasteiger partial charge in [0.05, 0.1) is 20.8 Å². The minimum Gasteiger partial charge on any atom is -0.424 e. The molecule has 0 unspecified atom stereocenters. The molecule has 5 nitrogen and oxygen atoms in total. The molecule has 2 aromatic rings. The lowest BCUT2D eigenvalue weighted by atomic mass is 10.2. The number of alkyl halides is 3. The lowest BCUT2D eigenvalue weighted by Gasteiger charge is -2.29. The molecule has 0 saturated carbocycles. The number of carbonyl (C=O) groups excluding carboxylic acids is 1. The molecule has 2 amide bonds. The van der Waals surface area contributed by atoms with Gasteiger partial charge in [0.1, 0.15) is 0 Å². The molecule has 0 radical (unpaired) electrons. The number of anilines is 1. The molecule has 1 aliphatic heterocycles. The Morgan fingerprint density at radius 2 is 1.56 bits per heavy atom. The highest BCUT2D eigenvalue weighted by atomic mass is 35.5. The van der Waals surface area contributed by atoms with E-state index in [0.717, 1.165) is 17.7 Å². The minimum atomic E-state index is -5.13. The van der Waals surface area contributed by atoms with E-state index in [4.69, 9.17) is 44.3 Å². The zero-order chi connectivity index (χ0) is 20.0. The van der Waals surface area contributed by atoms with Crippen LogP contribution in [0, 0.1) is 6.92 Å². The highest BCUT2D eigenvalue weighted by Gasteiger charge is 2.66. The first kappa shape index (κ1) is 19.7. The van der Waals surface area contributed by atoms with Crippen molar-refractivity contribution in [2.45, 2.75) is 19.0 Å². The van der Waals surface area contributed by atoms with E-state index in [2.05, 4.69) is 5.32 Å². The molecular weight excluding hydrogens is 432 g/mol. The number of amides is 2. The fourth-order valence-corrected chi connectivity index (χ4v) is 2.75. The summed E-state index contributed by atoms with van der Waals surface area (Å²) < 4.78 is 50.6. The number of benzene rings is 2. The lowest BCUT2D eigenvalue weighted by molar-refractivity contribution is -0.317. The van der Waals surface area contributed by atoms with Crippen LogP contribution in [0.5, 0.6) is 11.5 Å². The Morgan fingerprint density at radius 1 is 1.00 bits per heavy atom.